The van der Waals surface area contributed by atoms with Gasteiger partial charge in [-0.1, -0.05) is 6.92 Å². The topological polar surface area (TPSA) is 68.3 Å². The molecule has 2 heterocycles. The molecule has 26 heavy (non-hydrogen) atoms. The molecule has 5 nitrogen and oxygen atoms in total. The first-order chi connectivity index (χ1) is 12.5. The van der Waals surface area contributed by atoms with Gasteiger partial charge in [-0.25, -0.2) is 0 Å². The van der Waals surface area contributed by atoms with Crippen molar-refractivity contribution in [2.75, 3.05) is 13.7 Å². The third kappa shape index (κ3) is 2.86. The number of esters is 1. The number of ketones is 1. The van der Waals surface area contributed by atoms with Crippen LogP contribution in [-0.2, 0) is 21.5 Å². The van der Waals surface area contributed by atoms with Crippen molar-refractivity contribution in [1.82, 2.24) is 10.3 Å². The van der Waals surface area contributed by atoms with Crippen molar-refractivity contribution in [2.24, 2.45) is 17.8 Å². The van der Waals surface area contributed by atoms with Gasteiger partial charge in [0.2, 0.25) is 0 Å². The number of Topliss-reactive ketones (excluding diaryl/α,β-unsaturated/α-hetero) is 1. The second-order valence-electron chi connectivity index (χ2n) is 8.37. The summed E-state index contributed by atoms with van der Waals surface area (Å²) in [5.41, 5.74) is 3.02. The highest BCUT2D eigenvalue weighted by molar-refractivity contribution is 5.97. The van der Waals surface area contributed by atoms with Crippen LogP contribution < -0.4 is 5.32 Å². The van der Waals surface area contributed by atoms with Crippen LogP contribution in [0.5, 0.6) is 0 Å². The molecule has 1 aromatic rings. The molecule has 2 fully saturated rings. The molecule has 1 saturated carbocycles. The smallest absolute Gasteiger partial charge is 0.305 e. The fourth-order valence-electron chi connectivity index (χ4n) is 5.72. The summed E-state index contributed by atoms with van der Waals surface area (Å²) in [5, 5.41) is 3.85. The first-order valence-electron chi connectivity index (χ1n) is 9.88. The first kappa shape index (κ1) is 17.7. The number of ether oxygens (including phenoxy) is 1. The number of nitrogens with one attached hydrogen (secondary N) is 1. The van der Waals surface area contributed by atoms with E-state index in [0.717, 1.165) is 25.1 Å². The van der Waals surface area contributed by atoms with Gasteiger partial charge in [-0.15, -0.1) is 0 Å². The van der Waals surface area contributed by atoms with Gasteiger partial charge in [0.15, 0.2) is 5.78 Å². The van der Waals surface area contributed by atoms with E-state index in [1.54, 1.807) is 6.20 Å². The van der Waals surface area contributed by atoms with Crippen molar-refractivity contribution in [3.8, 4) is 0 Å². The van der Waals surface area contributed by atoms with E-state index in [9.17, 15) is 9.59 Å². The van der Waals surface area contributed by atoms with Crippen LogP contribution >= 0.6 is 0 Å². The summed E-state index contributed by atoms with van der Waals surface area (Å²) < 4.78 is 4.65. The molecule has 0 radical (unpaired) electrons. The van der Waals surface area contributed by atoms with E-state index in [2.05, 4.69) is 23.0 Å². The van der Waals surface area contributed by atoms with Crippen molar-refractivity contribution in [2.45, 2.75) is 57.4 Å². The van der Waals surface area contributed by atoms with Gasteiger partial charge >= 0.3 is 5.97 Å². The van der Waals surface area contributed by atoms with E-state index in [0.29, 0.717) is 23.3 Å². The quantitative estimate of drug-likeness (QED) is 0.663. The van der Waals surface area contributed by atoms with E-state index in [1.165, 1.54) is 31.9 Å². The molecule has 1 N–H and O–H groups in total. The van der Waals surface area contributed by atoms with Crippen LogP contribution in [0.2, 0.25) is 0 Å². The zero-order valence-electron chi connectivity index (χ0n) is 15.7. The normalized spacial score (nSPS) is 32.3. The lowest BCUT2D eigenvalue weighted by atomic mass is 9.54. The Morgan fingerprint density at radius 2 is 2.23 bits per heavy atom. The number of fused-ring (bicyclic) bond motifs is 1. The monoisotopic (exact) mass is 356 g/mol. The fraction of sp³-hybridized carbons (Fsp3) is 0.667. The van der Waals surface area contributed by atoms with Crippen molar-refractivity contribution < 1.29 is 14.3 Å². The van der Waals surface area contributed by atoms with E-state index >= 15 is 0 Å². The minimum Gasteiger partial charge on any atom is -0.469 e. The van der Waals surface area contributed by atoms with Gasteiger partial charge in [0, 0.05) is 29.4 Å². The molecule has 1 aliphatic heterocycles. The van der Waals surface area contributed by atoms with Crippen LogP contribution in [0.1, 0.15) is 67.1 Å². The van der Waals surface area contributed by atoms with Crippen LogP contribution in [0.3, 0.4) is 0 Å². The molecule has 2 bridgehead atoms. The van der Waals surface area contributed by atoms with Crippen molar-refractivity contribution in [3.05, 3.63) is 29.1 Å². The Morgan fingerprint density at radius 3 is 3.04 bits per heavy atom. The van der Waals surface area contributed by atoms with E-state index in [-0.39, 0.29) is 30.1 Å². The van der Waals surface area contributed by atoms with Crippen molar-refractivity contribution in [1.29, 1.82) is 0 Å². The van der Waals surface area contributed by atoms with Gasteiger partial charge in [0.1, 0.15) is 0 Å². The van der Waals surface area contributed by atoms with Crippen LogP contribution in [0, 0.1) is 17.8 Å². The lowest BCUT2D eigenvalue weighted by molar-refractivity contribution is -0.140. The highest BCUT2D eigenvalue weighted by Crippen LogP contribution is 2.55. The highest BCUT2D eigenvalue weighted by Gasteiger charge is 2.53. The summed E-state index contributed by atoms with van der Waals surface area (Å²) in [5.74, 6) is 1.67. The summed E-state index contributed by atoms with van der Waals surface area (Å²) in [7, 11) is 1.35. The number of rotatable bonds is 4. The molecule has 4 atom stereocenters. The highest BCUT2D eigenvalue weighted by atomic mass is 16.5. The summed E-state index contributed by atoms with van der Waals surface area (Å²) >= 11 is 0. The van der Waals surface area contributed by atoms with Crippen molar-refractivity contribution in [3.63, 3.8) is 0 Å². The summed E-state index contributed by atoms with van der Waals surface area (Å²) in [6.45, 7) is 3.39. The number of carbonyl (C=O) groups is 2. The van der Waals surface area contributed by atoms with Gasteiger partial charge in [0.25, 0.3) is 0 Å². The van der Waals surface area contributed by atoms with Gasteiger partial charge in [-0.2, -0.15) is 0 Å². The van der Waals surface area contributed by atoms with Crippen molar-refractivity contribution >= 4 is 11.8 Å². The molecule has 0 amide bonds. The Balaban J connectivity index is 1.67. The minimum absolute atomic E-state index is 0.0141. The third-order valence-electron chi connectivity index (χ3n) is 6.72. The minimum atomic E-state index is -0.346. The Morgan fingerprint density at radius 1 is 1.38 bits per heavy atom. The Labute approximate surface area is 154 Å². The molecule has 140 valence electrons. The molecule has 2 aliphatic carbocycles. The third-order valence-corrected chi connectivity index (χ3v) is 6.72. The maximum absolute atomic E-state index is 12.6. The summed E-state index contributed by atoms with van der Waals surface area (Å²) in [6, 6.07) is 2.07. The van der Waals surface area contributed by atoms with Crippen LogP contribution in [0.25, 0.3) is 0 Å². The SMILES string of the molecule is COC(=O)CCC(=O)c1cnc2c(c1)[C@]13C[C@@H](C)C[C@H](C2)[C@@H]1CCCN3. The predicted molar refractivity (Wildman–Crippen MR) is 97.8 cm³/mol. The van der Waals surface area contributed by atoms with Gasteiger partial charge in [0.05, 0.1) is 13.5 Å². The number of hydrogen-bond acceptors (Lipinski definition) is 5. The molecule has 3 aliphatic rings. The number of piperidine rings is 1. The zero-order valence-corrected chi connectivity index (χ0v) is 15.7. The number of carbonyl (C=O) groups excluding carboxylic acids is 2. The van der Waals surface area contributed by atoms with Gasteiger partial charge < -0.3 is 10.1 Å². The summed E-state index contributed by atoms with van der Waals surface area (Å²) in [6.07, 6.45) is 7.95. The van der Waals surface area contributed by atoms with Crippen LogP contribution in [0.15, 0.2) is 12.3 Å². The summed E-state index contributed by atoms with van der Waals surface area (Å²) in [4.78, 5) is 28.6. The molecule has 1 aromatic heterocycles. The zero-order chi connectivity index (χ0) is 18.3. The average molecular weight is 356 g/mol. The molecular formula is C21H28N2O3. The molecule has 4 rings (SSSR count). The van der Waals surface area contributed by atoms with Crippen LogP contribution in [0.4, 0.5) is 0 Å². The molecule has 1 saturated heterocycles. The predicted octanol–water partition coefficient (Wildman–Crippen LogP) is 3.01. The van der Waals surface area contributed by atoms with E-state index < -0.39 is 0 Å². The number of nitrogens with zero attached hydrogens (tertiary/aromatic N) is 1. The Hall–Kier alpha value is -1.75. The molecular weight excluding hydrogens is 328 g/mol. The maximum atomic E-state index is 12.6. The lowest BCUT2D eigenvalue weighted by Crippen LogP contribution is -2.60. The lowest BCUT2D eigenvalue weighted by Gasteiger charge is -2.57. The molecule has 0 aromatic carbocycles. The Bertz CT molecular complexity index is 732. The molecule has 0 spiro atoms. The van der Waals surface area contributed by atoms with E-state index in [4.69, 9.17) is 4.98 Å². The molecule has 0 unspecified atom stereocenters. The number of pyridine rings is 1. The fourth-order valence-corrected chi connectivity index (χ4v) is 5.72. The van der Waals surface area contributed by atoms with Gasteiger partial charge in [-0.05, 0) is 68.0 Å². The molecule has 5 heteroatoms. The number of hydrogen-bond donors (Lipinski definition) is 1. The Kier molecular flexibility index (Phi) is 4.59. The number of methoxy groups -OCH3 is 1. The maximum Gasteiger partial charge on any atom is 0.305 e. The second-order valence-corrected chi connectivity index (χ2v) is 8.37. The number of aromatic nitrogens is 1. The first-order valence-corrected chi connectivity index (χ1v) is 9.88. The largest absolute Gasteiger partial charge is 0.469 e. The van der Waals surface area contributed by atoms with Gasteiger partial charge in [-0.3, -0.25) is 14.6 Å². The van der Waals surface area contributed by atoms with E-state index in [1.807, 2.05) is 0 Å². The second kappa shape index (κ2) is 6.76. The van der Waals surface area contributed by atoms with Crippen LogP contribution in [-0.4, -0.2) is 30.4 Å². The average Bonchev–Trinajstić information content (AvgIpc) is 2.65. The standard InChI is InChI=1S/C21H28N2O3/c1-13-8-14-10-18-17(21(11-13)16(14)4-3-7-23-21)9-15(12-22-18)19(24)5-6-20(25)26-2/h9,12-14,16,23H,3-8,10-11H2,1-2H3/t13-,14+,16-,21-/m0/s1.